The number of benzene rings is 1. The predicted molar refractivity (Wildman–Crippen MR) is 58.4 cm³/mol. The molecule has 0 aliphatic rings. The molecule has 0 bridgehead atoms. The second-order valence-corrected chi connectivity index (χ2v) is 3.94. The number of aromatic nitrogens is 2. The molecule has 0 aliphatic heterocycles. The number of halogens is 3. The first-order chi connectivity index (χ1) is 7.89. The van der Waals surface area contributed by atoms with Gasteiger partial charge in [0.15, 0.2) is 0 Å². The Kier molecular flexibility index (Phi) is 2.82. The number of hydrogen-bond donors (Lipinski definition) is 1. The lowest BCUT2D eigenvalue weighted by Crippen LogP contribution is -2.39. The molecule has 2 rings (SSSR count). The molecule has 1 aromatic carbocycles. The van der Waals surface area contributed by atoms with Crippen molar-refractivity contribution in [2.75, 3.05) is 0 Å². The molecule has 6 heteroatoms. The Hall–Kier alpha value is -1.56. The minimum atomic E-state index is -4.39. The topological polar surface area (TPSA) is 43.8 Å². The minimum absolute atomic E-state index is 0.301. The molecular formula is C11H12F3N3. The molecule has 92 valence electrons. The van der Waals surface area contributed by atoms with E-state index in [9.17, 15) is 13.2 Å². The van der Waals surface area contributed by atoms with E-state index < -0.39 is 12.2 Å². The molecule has 2 aromatic rings. The zero-order valence-corrected chi connectivity index (χ0v) is 9.20. The third-order valence-electron chi connectivity index (χ3n) is 2.67. The van der Waals surface area contributed by atoms with Crippen LogP contribution >= 0.6 is 0 Å². The lowest BCUT2D eigenvalue weighted by Gasteiger charge is -2.13. The summed E-state index contributed by atoms with van der Waals surface area (Å²) in [5.74, 6) is 0. The summed E-state index contributed by atoms with van der Waals surface area (Å²) >= 11 is 0. The number of alkyl halides is 3. The van der Waals surface area contributed by atoms with Gasteiger partial charge in [0, 0.05) is 18.9 Å². The molecule has 1 aromatic heterocycles. The Bertz CT molecular complexity index is 530. The number of fused-ring (bicyclic) bond motifs is 1. The van der Waals surface area contributed by atoms with Crippen molar-refractivity contribution in [1.29, 1.82) is 0 Å². The van der Waals surface area contributed by atoms with Gasteiger partial charge in [0.05, 0.1) is 11.2 Å². The Morgan fingerprint density at radius 2 is 2.00 bits per heavy atom. The maximum absolute atomic E-state index is 12.4. The summed E-state index contributed by atoms with van der Waals surface area (Å²) in [6.45, 7) is 0. The molecule has 0 saturated carbocycles. The largest absolute Gasteiger partial charge is 0.404 e. The molecule has 0 spiro atoms. The minimum Gasteiger partial charge on any atom is -0.320 e. The van der Waals surface area contributed by atoms with Crippen LogP contribution in [0.4, 0.5) is 13.2 Å². The first kappa shape index (κ1) is 11.9. The van der Waals surface area contributed by atoms with Crippen molar-refractivity contribution in [3.63, 3.8) is 0 Å². The highest BCUT2D eigenvalue weighted by Gasteiger charge is 2.37. The summed E-state index contributed by atoms with van der Waals surface area (Å²) in [6.07, 6.45) is -4.69. The standard InChI is InChI=1S/C11H12F3N3/c1-17-9-5-3-2-4-7(9)8(16-17)6-10(15)11(12,13)14/h2-5,10H,6,15H2,1H3. The monoisotopic (exact) mass is 243 g/mol. The molecule has 0 fully saturated rings. The molecule has 2 N–H and O–H groups in total. The predicted octanol–water partition coefficient (Wildman–Crippen LogP) is 2.01. The van der Waals surface area contributed by atoms with Gasteiger partial charge in [-0.25, -0.2) is 0 Å². The van der Waals surface area contributed by atoms with E-state index >= 15 is 0 Å². The van der Waals surface area contributed by atoms with Crippen molar-refractivity contribution < 1.29 is 13.2 Å². The summed E-state index contributed by atoms with van der Waals surface area (Å²) in [5.41, 5.74) is 6.29. The number of nitrogens with two attached hydrogens (primary N) is 1. The van der Waals surface area contributed by atoms with Crippen molar-refractivity contribution >= 4 is 10.9 Å². The molecule has 17 heavy (non-hydrogen) atoms. The number of rotatable bonds is 2. The Morgan fingerprint density at radius 3 is 2.65 bits per heavy atom. The number of aryl methyl sites for hydroxylation is 1. The number of para-hydroxylation sites is 1. The highest BCUT2D eigenvalue weighted by molar-refractivity contribution is 5.81. The van der Waals surface area contributed by atoms with Crippen LogP contribution in [-0.4, -0.2) is 22.0 Å². The van der Waals surface area contributed by atoms with Crippen LogP contribution in [0, 0.1) is 0 Å². The van der Waals surface area contributed by atoms with Gasteiger partial charge in [0.1, 0.15) is 6.04 Å². The van der Waals surface area contributed by atoms with Gasteiger partial charge in [-0.1, -0.05) is 18.2 Å². The fourth-order valence-electron chi connectivity index (χ4n) is 1.76. The number of nitrogens with zero attached hydrogens (tertiary/aromatic N) is 2. The molecule has 3 nitrogen and oxygen atoms in total. The van der Waals surface area contributed by atoms with Crippen LogP contribution in [-0.2, 0) is 13.5 Å². The van der Waals surface area contributed by atoms with E-state index in [0.717, 1.165) is 10.9 Å². The van der Waals surface area contributed by atoms with Crippen molar-refractivity contribution in [1.82, 2.24) is 9.78 Å². The van der Waals surface area contributed by atoms with Gasteiger partial charge in [-0.3, -0.25) is 4.68 Å². The first-order valence-corrected chi connectivity index (χ1v) is 5.12. The van der Waals surface area contributed by atoms with Crippen molar-refractivity contribution in [3.05, 3.63) is 30.0 Å². The summed E-state index contributed by atoms with van der Waals surface area (Å²) in [4.78, 5) is 0. The fourth-order valence-corrected chi connectivity index (χ4v) is 1.76. The Morgan fingerprint density at radius 1 is 1.35 bits per heavy atom. The summed E-state index contributed by atoms with van der Waals surface area (Å²) < 4.78 is 38.7. The van der Waals surface area contributed by atoms with Crippen molar-refractivity contribution in [2.45, 2.75) is 18.6 Å². The van der Waals surface area contributed by atoms with E-state index in [0.29, 0.717) is 5.69 Å². The molecule has 0 aliphatic carbocycles. The molecule has 1 atom stereocenters. The van der Waals surface area contributed by atoms with Crippen LogP contribution < -0.4 is 5.73 Å². The van der Waals surface area contributed by atoms with Crippen molar-refractivity contribution in [3.8, 4) is 0 Å². The van der Waals surface area contributed by atoms with Gasteiger partial charge >= 0.3 is 6.18 Å². The van der Waals surface area contributed by atoms with Gasteiger partial charge in [0.25, 0.3) is 0 Å². The third-order valence-corrected chi connectivity index (χ3v) is 2.67. The van der Waals surface area contributed by atoms with Crippen LogP contribution in [0.15, 0.2) is 24.3 Å². The van der Waals surface area contributed by atoms with E-state index in [1.165, 1.54) is 0 Å². The van der Waals surface area contributed by atoms with Gasteiger partial charge in [0.2, 0.25) is 0 Å². The average Bonchev–Trinajstić information content (AvgIpc) is 2.56. The van der Waals surface area contributed by atoms with Crippen molar-refractivity contribution in [2.24, 2.45) is 12.8 Å². The van der Waals surface area contributed by atoms with Crippen LogP contribution in [0.2, 0.25) is 0 Å². The van der Waals surface area contributed by atoms with Crippen LogP contribution in [0.1, 0.15) is 5.69 Å². The first-order valence-electron chi connectivity index (χ1n) is 5.12. The highest BCUT2D eigenvalue weighted by Crippen LogP contribution is 2.24. The lowest BCUT2D eigenvalue weighted by atomic mass is 10.1. The van der Waals surface area contributed by atoms with E-state index in [4.69, 9.17) is 5.73 Å². The molecule has 1 heterocycles. The average molecular weight is 243 g/mol. The highest BCUT2D eigenvalue weighted by atomic mass is 19.4. The Labute approximate surface area is 96.0 Å². The molecule has 0 saturated heterocycles. The van der Waals surface area contributed by atoms with Gasteiger partial charge < -0.3 is 5.73 Å². The maximum atomic E-state index is 12.4. The second-order valence-electron chi connectivity index (χ2n) is 3.94. The summed E-state index contributed by atoms with van der Waals surface area (Å²) in [6, 6.07) is 5.27. The third kappa shape index (κ3) is 2.26. The van der Waals surface area contributed by atoms with Gasteiger partial charge in [-0.2, -0.15) is 18.3 Å². The lowest BCUT2D eigenvalue weighted by molar-refractivity contribution is -0.147. The molecule has 0 radical (unpaired) electrons. The van der Waals surface area contributed by atoms with Crippen LogP contribution in [0.3, 0.4) is 0 Å². The van der Waals surface area contributed by atoms with Crippen LogP contribution in [0.25, 0.3) is 10.9 Å². The Balaban J connectivity index is 2.37. The fraction of sp³-hybridized carbons (Fsp3) is 0.364. The quantitative estimate of drug-likeness (QED) is 0.876. The van der Waals surface area contributed by atoms with Crippen LogP contribution in [0.5, 0.6) is 0 Å². The van der Waals surface area contributed by atoms with Gasteiger partial charge in [-0.05, 0) is 6.07 Å². The van der Waals surface area contributed by atoms with Gasteiger partial charge in [-0.15, -0.1) is 0 Å². The maximum Gasteiger partial charge on any atom is 0.404 e. The zero-order chi connectivity index (χ0) is 12.6. The van der Waals surface area contributed by atoms with E-state index in [2.05, 4.69) is 5.10 Å². The second kappa shape index (κ2) is 4.03. The molecular weight excluding hydrogens is 231 g/mol. The molecule has 1 unspecified atom stereocenters. The number of hydrogen-bond acceptors (Lipinski definition) is 2. The van der Waals surface area contributed by atoms with E-state index in [1.54, 1.807) is 23.9 Å². The smallest absolute Gasteiger partial charge is 0.320 e. The summed E-state index contributed by atoms with van der Waals surface area (Å²) in [5, 5.41) is 4.80. The normalized spacial score (nSPS) is 14.2. The van der Waals surface area contributed by atoms with E-state index in [1.807, 2.05) is 12.1 Å². The zero-order valence-electron chi connectivity index (χ0n) is 9.20. The molecule has 0 amide bonds. The summed E-state index contributed by atoms with van der Waals surface area (Å²) in [7, 11) is 1.70. The van der Waals surface area contributed by atoms with E-state index in [-0.39, 0.29) is 6.42 Å². The SMILES string of the molecule is Cn1nc(CC(N)C(F)(F)F)c2ccccc21.